The van der Waals surface area contributed by atoms with Crippen molar-refractivity contribution in [2.45, 2.75) is 39.4 Å². The van der Waals surface area contributed by atoms with Crippen LogP contribution in [-0.4, -0.2) is 26.6 Å². The molecule has 0 saturated heterocycles. The van der Waals surface area contributed by atoms with Crippen LogP contribution in [0.4, 0.5) is 4.79 Å². The molecule has 1 aromatic heterocycles. The van der Waals surface area contributed by atoms with Gasteiger partial charge in [0.05, 0.1) is 18.4 Å². The van der Waals surface area contributed by atoms with Gasteiger partial charge in [0, 0.05) is 45.3 Å². The normalized spacial score (nSPS) is 10.9. The second kappa shape index (κ2) is 10.1. The summed E-state index contributed by atoms with van der Waals surface area (Å²) in [5.41, 5.74) is 1.79. The fourth-order valence-corrected chi connectivity index (χ4v) is 2.37. The molecule has 7 nitrogen and oxygen atoms in total. The molecule has 0 atom stereocenters. The fraction of sp³-hybridized carbons (Fsp3) is 0.368. The quantitative estimate of drug-likeness (QED) is 0.686. The van der Waals surface area contributed by atoms with E-state index in [-0.39, 0.29) is 44.9 Å². The average molecular weight is 447 g/mol. The number of nitrogens with one attached hydrogen (secondary N) is 1. The minimum Gasteiger partial charge on any atom is -0.470 e. The Bertz CT molecular complexity index is 826. The largest absolute Gasteiger partial charge is 0.470 e. The molecular formula is C19H24N3O4Y-. The van der Waals surface area contributed by atoms with E-state index in [0.29, 0.717) is 23.1 Å². The Morgan fingerprint density at radius 1 is 1.30 bits per heavy atom. The fourth-order valence-electron chi connectivity index (χ4n) is 2.37. The second-order valence-corrected chi connectivity index (χ2v) is 6.88. The van der Waals surface area contributed by atoms with E-state index in [1.54, 1.807) is 34.4 Å². The van der Waals surface area contributed by atoms with E-state index >= 15 is 0 Å². The summed E-state index contributed by atoms with van der Waals surface area (Å²) in [6.45, 7) is 6.77. The summed E-state index contributed by atoms with van der Waals surface area (Å²) in [4.78, 5) is 23.9. The van der Waals surface area contributed by atoms with E-state index in [9.17, 15) is 14.7 Å². The topological polar surface area (TPSA) is 93.5 Å². The number of aromatic nitrogens is 2. The van der Waals surface area contributed by atoms with Crippen molar-refractivity contribution < 1.29 is 47.3 Å². The maximum absolute atomic E-state index is 12.3. The van der Waals surface area contributed by atoms with Crippen LogP contribution in [0.15, 0.2) is 35.3 Å². The Hall–Kier alpha value is -1.57. The standard InChI is InChI=1S/C19H24N3O4.Y/c1-19(2,3)26-18(25)20-10-9-13-5-7-14(8-6-13)16-15(12-23)11-21-22(4)17(16)24;/h5-8,10-11,23H,9,12H2,1-4H3,(H,20,25);/q-1;. The van der Waals surface area contributed by atoms with Crippen LogP contribution in [0.5, 0.6) is 0 Å². The molecule has 1 radical (unpaired) electrons. The van der Waals surface area contributed by atoms with Crippen LogP contribution in [0, 0.1) is 6.54 Å². The van der Waals surface area contributed by atoms with E-state index in [1.165, 1.54) is 10.9 Å². The van der Waals surface area contributed by atoms with E-state index < -0.39 is 11.7 Å². The molecule has 0 saturated carbocycles. The molecule has 0 aliphatic heterocycles. The first kappa shape index (κ1) is 23.5. The van der Waals surface area contributed by atoms with Crippen molar-refractivity contribution in [2.24, 2.45) is 7.05 Å². The van der Waals surface area contributed by atoms with Crippen LogP contribution < -0.4 is 10.9 Å². The molecule has 27 heavy (non-hydrogen) atoms. The van der Waals surface area contributed by atoms with Gasteiger partial charge in [-0.1, -0.05) is 29.8 Å². The molecule has 0 bridgehead atoms. The van der Waals surface area contributed by atoms with E-state index in [1.807, 2.05) is 24.3 Å². The second-order valence-electron chi connectivity index (χ2n) is 6.88. The van der Waals surface area contributed by atoms with E-state index in [4.69, 9.17) is 4.74 Å². The first-order valence-corrected chi connectivity index (χ1v) is 8.28. The first-order chi connectivity index (χ1) is 12.2. The molecule has 0 spiro atoms. The van der Waals surface area contributed by atoms with E-state index in [2.05, 4.69) is 10.4 Å². The van der Waals surface area contributed by atoms with Gasteiger partial charge < -0.3 is 15.2 Å². The molecule has 1 amide bonds. The van der Waals surface area contributed by atoms with Crippen LogP contribution in [-0.2, 0) is 57.5 Å². The van der Waals surface area contributed by atoms with Crippen molar-refractivity contribution in [3.05, 3.63) is 58.5 Å². The SMILES string of the molecule is Cn1ncc(CO)c(-c2ccc(C[CH-]NC(=O)OC(C)(C)C)cc2)c1=O.[Y]. The molecule has 2 aromatic rings. The predicted molar refractivity (Wildman–Crippen MR) is 98.2 cm³/mol. The molecule has 2 rings (SSSR count). The average Bonchev–Trinajstić information content (AvgIpc) is 2.56. The number of carbonyl (C=O) groups excluding carboxylic acids is 1. The summed E-state index contributed by atoms with van der Waals surface area (Å²) in [6.07, 6.45) is 1.51. The van der Waals surface area contributed by atoms with E-state index in [0.717, 1.165) is 5.56 Å². The maximum atomic E-state index is 12.3. The number of carbonyl (C=O) groups is 1. The predicted octanol–water partition coefficient (Wildman–Crippen LogP) is 2.17. The molecule has 0 unspecified atom stereocenters. The number of aliphatic hydroxyl groups excluding tert-OH is 1. The van der Waals surface area contributed by atoms with Gasteiger partial charge in [0.25, 0.3) is 5.56 Å². The van der Waals surface area contributed by atoms with Gasteiger partial charge in [-0.15, -0.1) is 6.42 Å². The molecule has 0 aliphatic carbocycles. The smallest absolute Gasteiger partial charge is 0.378 e. The summed E-state index contributed by atoms with van der Waals surface area (Å²) < 4.78 is 6.39. The van der Waals surface area contributed by atoms with Gasteiger partial charge in [-0.05, 0) is 26.3 Å². The molecule has 1 heterocycles. The molecule has 1 aromatic carbocycles. The zero-order valence-electron chi connectivity index (χ0n) is 16.0. The van der Waals surface area contributed by atoms with Gasteiger partial charge in [-0.2, -0.15) is 5.10 Å². The number of alkyl carbamates (subject to hydrolysis) is 1. The minimum absolute atomic E-state index is 0. The van der Waals surface area contributed by atoms with Crippen LogP contribution in [0.3, 0.4) is 0 Å². The Balaban J connectivity index is 0.00000364. The molecule has 143 valence electrons. The number of nitrogens with zero attached hydrogens (tertiary/aromatic N) is 2. The van der Waals surface area contributed by atoms with Crippen molar-refractivity contribution >= 4 is 6.09 Å². The Labute approximate surface area is 184 Å². The van der Waals surface area contributed by atoms with Crippen molar-refractivity contribution in [3.8, 4) is 11.1 Å². The van der Waals surface area contributed by atoms with Crippen LogP contribution in [0.25, 0.3) is 11.1 Å². The van der Waals surface area contributed by atoms with Gasteiger partial charge in [0.15, 0.2) is 0 Å². The number of aryl methyl sites for hydroxylation is 1. The number of aliphatic hydroxyl groups is 1. The van der Waals surface area contributed by atoms with Crippen molar-refractivity contribution in [2.75, 3.05) is 0 Å². The Kier molecular flexibility index (Phi) is 8.79. The van der Waals surface area contributed by atoms with Crippen LogP contribution >= 0.6 is 0 Å². The number of amides is 1. The third kappa shape index (κ3) is 6.83. The molecule has 0 fully saturated rings. The summed E-state index contributed by atoms with van der Waals surface area (Å²) >= 11 is 0. The van der Waals surface area contributed by atoms with Crippen LogP contribution in [0.2, 0.25) is 0 Å². The zero-order valence-corrected chi connectivity index (χ0v) is 18.9. The van der Waals surface area contributed by atoms with Gasteiger partial charge in [-0.3, -0.25) is 4.79 Å². The number of ether oxygens (including phenoxy) is 1. The Morgan fingerprint density at radius 3 is 2.48 bits per heavy atom. The summed E-state index contributed by atoms with van der Waals surface area (Å²) in [7, 11) is 1.57. The minimum atomic E-state index is -0.541. The first-order valence-electron chi connectivity index (χ1n) is 8.28. The third-order valence-electron chi connectivity index (χ3n) is 3.59. The third-order valence-corrected chi connectivity index (χ3v) is 3.59. The Morgan fingerprint density at radius 2 is 1.93 bits per heavy atom. The molecule has 8 heteroatoms. The molecular weight excluding hydrogens is 423 g/mol. The monoisotopic (exact) mass is 447 g/mol. The van der Waals surface area contributed by atoms with Gasteiger partial charge >= 0.3 is 6.09 Å². The van der Waals surface area contributed by atoms with Crippen molar-refractivity contribution in [1.29, 1.82) is 0 Å². The van der Waals surface area contributed by atoms with Gasteiger partial charge in [0.2, 0.25) is 0 Å². The summed E-state index contributed by atoms with van der Waals surface area (Å²) in [5, 5.41) is 16.0. The summed E-state index contributed by atoms with van der Waals surface area (Å²) in [6, 6.07) is 7.35. The molecule has 2 N–H and O–H groups in total. The number of hydrogen-bond donors (Lipinski definition) is 2. The zero-order chi connectivity index (χ0) is 19.3. The number of hydrogen-bond acceptors (Lipinski definition) is 5. The van der Waals surface area contributed by atoms with Gasteiger partial charge in [-0.25, -0.2) is 16.0 Å². The maximum Gasteiger partial charge on any atom is 0.378 e. The van der Waals surface area contributed by atoms with Crippen LogP contribution in [0.1, 0.15) is 31.9 Å². The molecule has 0 aliphatic rings. The van der Waals surface area contributed by atoms with Gasteiger partial charge in [0.1, 0.15) is 5.60 Å². The van der Waals surface area contributed by atoms with Crippen molar-refractivity contribution in [1.82, 2.24) is 15.1 Å². The number of rotatable bonds is 5. The summed E-state index contributed by atoms with van der Waals surface area (Å²) in [5.74, 6) is 0. The number of benzene rings is 1. The van der Waals surface area contributed by atoms with Crippen molar-refractivity contribution in [3.63, 3.8) is 0 Å².